The molecule has 0 saturated heterocycles. The quantitative estimate of drug-likeness (QED) is 0.737. The van der Waals surface area contributed by atoms with E-state index in [1.54, 1.807) is 12.1 Å². The lowest BCUT2D eigenvalue weighted by Crippen LogP contribution is -2.49. The lowest BCUT2D eigenvalue weighted by atomic mass is 9.85. The standard InChI is InChI=1S/C19H17F2N3O2/c20-14-6-7-16(17(21)10-14)19(25,11-24-13-22-12-23-24)18(8-9-18)26-15-4-2-1-3-5-15/h1-7,10,12-13,25H,8-9,11H2. The molecule has 1 atom stereocenters. The summed E-state index contributed by atoms with van der Waals surface area (Å²) >= 11 is 0. The number of benzene rings is 2. The summed E-state index contributed by atoms with van der Waals surface area (Å²) in [6.45, 7) is -0.0671. The SMILES string of the molecule is OC(Cn1cncn1)(c1ccc(F)cc1F)C1(Oc2ccccc2)CC1. The number of aliphatic hydroxyl groups is 1. The summed E-state index contributed by atoms with van der Waals surface area (Å²) in [5.74, 6) is -0.955. The first-order chi connectivity index (χ1) is 12.5. The van der Waals surface area contributed by atoms with Gasteiger partial charge in [0.25, 0.3) is 0 Å². The number of hydrogen-bond donors (Lipinski definition) is 1. The van der Waals surface area contributed by atoms with Crippen LogP contribution >= 0.6 is 0 Å². The average Bonchev–Trinajstić information content (AvgIpc) is 3.23. The zero-order chi connectivity index (χ0) is 18.2. The highest BCUT2D eigenvalue weighted by molar-refractivity contribution is 5.34. The summed E-state index contributed by atoms with van der Waals surface area (Å²) in [7, 11) is 0. The van der Waals surface area contributed by atoms with Crippen LogP contribution in [0.1, 0.15) is 18.4 Å². The van der Waals surface area contributed by atoms with Crippen molar-refractivity contribution in [2.75, 3.05) is 0 Å². The first-order valence-corrected chi connectivity index (χ1v) is 8.27. The molecule has 7 heteroatoms. The van der Waals surface area contributed by atoms with Gasteiger partial charge in [-0.25, -0.2) is 18.4 Å². The van der Waals surface area contributed by atoms with E-state index in [-0.39, 0.29) is 12.1 Å². The molecule has 1 aromatic heterocycles. The van der Waals surface area contributed by atoms with Gasteiger partial charge in [-0.05, 0) is 31.0 Å². The van der Waals surface area contributed by atoms with Crippen LogP contribution in [0, 0.1) is 11.6 Å². The number of hydrogen-bond acceptors (Lipinski definition) is 4. The summed E-state index contributed by atoms with van der Waals surface area (Å²) in [6.07, 6.45) is 3.83. The molecule has 2 aromatic carbocycles. The number of rotatable bonds is 6. The molecule has 4 rings (SSSR count). The highest BCUT2D eigenvalue weighted by Crippen LogP contribution is 2.54. The molecule has 1 aliphatic rings. The lowest BCUT2D eigenvalue weighted by molar-refractivity contribution is -0.100. The minimum absolute atomic E-state index is 0.0252. The molecule has 0 amide bonds. The fraction of sp³-hybridized carbons (Fsp3) is 0.263. The van der Waals surface area contributed by atoms with Crippen LogP contribution in [0.5, 0.6) is 5.75 Å². The molecule has 1 saturated carbocycles. The van der Waals surface area contributed by atoms with Crippen molar-refractivity contribution >= 4 is 0 Å². The lowest BCUT2D eigenvalue weighted by Gasteiger charge is -2.37. The number of ether oxygens (including phenoxy) is 1. The Morgan fingerprint density at radius 2 is 1.92 bits per heavy atom. The molecule has 0 spiro atoms. The summed E-state index contributed by atoms with van der Waals surface area (Å²) in [5.41, 5.74) is -2.80. The Morgan fingerprint density at radius 3 is 2.54 bits per heavy atom. The Labute approximate surface area is 148 Å². The van der Waals surface area contributed by atoms with E-state index >= 15 is 0 Å². The zero-order valence-corrected chi connectivity index (χ0v) is 13.8. The molecule has 1 N–H and O–H groups in total. The van der Waals surface area contributed by atoms with Gasteiger partial charge in [0.2, 0.25) is 0 Å². The second-order valence-corrected chi connectivity index (χ2v) is 6.49. The minimum atomic E-state index is -1.74. The average molecular weight is 357 g/mol. The van der Waals surface area contributed by atoms with Crippen molar-refractivity contribution in [1.82, 2.24) is 14.8 Å². The third-order valence-corrected chi connectivity index (χ3v) is 4.75. The van der Waals surface area contributed by atoms with E-state index in [0.717, 1.165) is 12.1 Å². The van der Waals surface area contributed by atoms with E-state index in [1.165, 1.54) is 23.4 Å². The normalized spacial score (nSPS) is 17.5. The van der Waals surface area contributed by atoms with Crippen LogP contribution in [0.3, 0.4) is 0 Å². The van der Waals surface area contributed by atoms with Crippen LogP contribution < -0.4 is 4.74 Å². The fourth-order valence-electron chi connectivity index (χ4n) is 3.28. The molecule has 26 heavy (non-hydrogen) atoms. The maximum Gasteiger partial charge on any atom is 0.151 e. The topological polar surface area (TPSA) is 60.2 Å². The van der Waals surface area contributed by atoms with Crippen LogP contribution in [0.25, 0.3) is 0 Å². The van der Waals surface area contributed by atoms with Crippen LogP contribution in [0.2, 0.25) is 0 Å². The number of nitrogens with zero attached hydrogens (tertiary/aromatic N) is 3. The van der Waals surface area contributed by atoms with Gasteiger partial charge in [-0.3, -0.25) is 0 Å². The van der Waals surface area contributed by atoms with Crippen LogP contribution in [-0.2, 0) is 12.1 Å². The predicted octanol–water partition coefficient (Wildman–Crippen LogP) is 3.06. The molecule has 1 fully saturated rings. The summed E-state index contributed by atoms with van der Waals surface area (Å²) in [5, 5.41) is 15.6. The van der Waals surface area contributed by atoms with E-state index in [0.29, 0.717) is 18.6 Å². The highest BCUT2D eigenvalue weighted by Gasteiger charge is 2.63. The molecule has 134 valence electrons. The molecule has 0 radical (unpaired) electrons. The maximum atomic E-state index is 14.6. The fourth-order valence-corrected chi connectivity index (χ4v) is 3.28. The van der Waals surface area contributed by atoms with Crippen molar-refractivity contribution in [2.24, 2.45) is 0 Å². The molecule has 1 aliphatic carbocycles. The zero-order valence-electron chi connectivity index (χ0n) is 13.8. The first kappa shape index (κ1) is 16.7. The molecule has 1 heterocycles. The monoisotopic (exact) mass is 357 g/mol. The van der Waals surface area contributed by atoms with Crippen molar-refractivity contribution in [3.63, 3.8) is 0 Å². The molecule has 0 aliphatic heterocycles. The van der Waals surface area contributed by atoms with Gasteiger partial charge in [0, 0.05) is 11.6 Å². The Hall–Kier alpha value is -2.80. The Kier molecular flexibility index (Phi) is 3.96. The molecular formula is C19H17F2N3O2. The van der Waals surface area contributed by atoms with Crippen LogP contribution in [0.4, 0.5) is 8.78 Å². The van der Waals surface area contributed by atoms with Gasteiger partial charge < -0.3 is 9.84 Å². The molecule has 3 aromatic rings. The van der Waals surface area contributed by atoms with E-state index < -0.39 is 22.8 Å². The second kappa shape index (κ2) is 6.17. The Bertz CT molecular complexity index is 898. The van der Waals surface area contributed by atoms with Crippen molar-refractivity contribution in [1.29, 1.82) is 0 Å². The van der Waals surface area contributed by atoms with E-state index in [4.69, 9.17) is 4.74 Å². The van der Waals surface area contributed by atoms with Gasteiger partial charge in [-0.1, -0.05) is 24.3 Å². The maximum absolute atomic E-state index is 14.6. The third-order valence-electron chi connectivity index (χ3n) is 4.75. The smallest absolute Gasteiger partial charge is 0.151 e. The number of halogens is 2. The Morgan fingerprint density at radius 1 is 1.15 bits per heavy atom. The Balaban J connectivity index is 1.77. The van der Waals surface area contributed by atoms with Gasteiger partial charge in [-0.2, -0.15) is 5.10 Å². The third kappa shape index (κ3) is 2.84. The van der Waals surface area contributed by atoms with Gasteiger partial charge in [0.15, 0.2) is 5.60 Å². The van der Waals surface area contributed by atoms with Crippen LogP contribution in [0.15, 0.2) is 61.2 Å². The van der Waals surface area contributed by atoms with Crippen molar-refractivity contribution in [2.45, 2.75) is 30.6 Å². The van der Waals surface area contributed by atoms with Crippen molar-refractivity contribution in [3.8, 4) is 5.75 Å². The van der Waals surface area contributed by atoms with Crippen LogP contribution in [-0.4, -0.2) is 25.5 Å². The predicted molar refractivity (Wildman–Crippen MR) is 89.3 cm³/mol. The first-order valence-electron chi connectivity index (χ1n) is 8.27. The van der Waals surface area contributed by atoms with E-state index in [2.05, 4.69) is 10.1 Å². The molecule has 5 nitrogen and oxygen atoms in total. The second-order valence-electron chi connectivity index (χ2n) is 6.49. The summed E-state index contributed by atoms with van der Waals surface area (Å²) in [6, 6.07) is 12.2. The molecule has 1 unspecified atom stereocenters. The summed E-state index contributed by atoms with van der Waals surface area (Å²) in [4.78, 5) is 3.87. The largest absolute Gasteiger partial charge is 0.484 e. The van der Waals surface area contributed by atoms with Gasteiger partial charge >= 0.3 is 0 Å². The van der Waals surface area contributed by atoms with E-state index in [9.17, 15) is 13.9 Å². The van der Waals surface area contributed by atoms with Gasteiger partial charge in [0.1, 0.15) is 35.6 Å². The van der Waals surface area contributed by atoms with E-state index in [1.807, 2.05) is 18.2 Å². The highest BCUT2D eigenvalue weighted by atomic mass is 19.1. The summed E-state index contributed by atoms with van der Waals surface area (Å²) < 4.78 is 35.5. The van der Waals surface area contributed by atoms with Gasteiger partial charge in [0.05, 0.1) is 6.54 Å². The van der Waals surface area contributed by atoms with Crippen molar-refractivity contribution < 1.29 is 18.6 Å². The minimum Gasteiger partial charge on any atom is -0.484 e. The van der Waals surface area contributed by atoms with Crippen molar-refractivity contribution in [3.05, 3.63) is 78.4 Å². The van der Waals surface area contributed by atoms with Gasteiger partial charge in [-0.15, -0.1) is 0 Å². The number of para-hydroxylation sites is 1. The number of aromatic nitrogens is 3. The molecular weight excluding hydrogens is 340 g/mol. The molecule has 0 bridgehead atoms.